The van der Waals surface area contributed by atoms with Gasteiger partial charge in [0, 0.05) is 0 Å². The van der Waals surface area contributed by atoms with Crippen molar-refractivity contribution in [3.8, 4) is 0 Å². The van der Waals surface area contributed by atoms with E-state index in [1.165, 1.54) is 7.28 Å². The van der Waals surface area contributed by atoms with Gasteiger partial charge in [-0.05, 0) is 13.8 Å². The van der Waals surface area contributed by atoms with Crippen molar-refractivity contribution in [1.82, 2.24) is 0 Å². The molecule has 0 saturated heterocycles. The molecular formula is C5H11BO2P. The van der Waals surface area contributed by atoms with Crippen molar-refractivity contribution in [2.75, 3.05) is 0 Å². The Hall–Kier alpha value is -0.0351. The maximum Gasteiger partial charge on any atom is 0.257 e. The molecule has 0 aromatic heterocycles. The van der Waals surface area contributed by atoms with Crippen LogP contribution < -0.4 is 0 Å². The molecule has 1 unspecified atom stereocenters. The molecule has 0 heterocycles. The smallest absolute Gasteiger partial charge is 0.257 e. The van der Waals surface area contributed by atoms with Crippen LogP contribution in [0, 0.1) is 0 Å². The van der Waals surface area contributed by atoms with Crippen molar-refractivity contribution in [1.29, 1.82) is 0 Å². The van der Waals surface area contributed by atoms with Crippen LogP contribution >= 0.6 is 9.24 Å². The zero-order valence-corrected chi connectivity index (χ0v) is 7.13. The van der Waals surface area contributed by atoms with Crippen molar-refractivity contribution in [2.24, 2.45) is 0 Å². The van der Waals surface area contributed by atoms with Crippen LogP contribution in [-0.4, -0.2) is 18.5 Å². The maximum absolute atomic E-state index is 10.5. The van der Waals surface area contributed by atoms with E-state index in [1.807, 2.05) is 0 Å². The van der Waals surface area contributed by atoms with Crippen molar-refractivity contribution >= 4 is 22.4 Å². The van der Waals surface area contributed by atoms with Gasteiger partial charge in [-0.25, -0.2) is 0 Å². The SMILES string of the molecule is C[B]C(=O)OC(C)(C)P. The zero-order valence-electron chi connectivity index (χ0n) is 5.97. The first-order chi connectivity index (χ1) is 3.95. The van der Waals surface area contributed by atoms with E-state index in [9.17, 15) is 4.79 Å². The van der Waals surface area contributed by atoms with Crippen LogP contribution in [-0.2, 0) is 4.74 Å². The summed E-state index contributed by atoms with van der Waals surface area (Å²) < 4.78 is 4.86. The van der Waals surface area contributed by atoms with Crippen LogP contribution in [0.25, 0.3) is 0 Å². The van der Waals surface area contributed by atoms with E-state index in [0.717, 1.165) is 0 Å². The molecule has 1 atom stereocenters. The van der Waals surface area contributed by atoms with E-state index < -0.39 is 5.34 Å². The summed E-state index contributed by atoms with van der Waals surface area (Å²) in [5, 5.41) is -0.441. The first-order valence-electron chi connectivity index (χ1n) is 2.77. The van der Waals surface area contributed by atoms with Gasteiger partial charge in [-0.3, -0.25) is 4.79 Å². The lowest BCUT2D eigenvalue weighted by Crippen LogP contribution is -2.21. The summed E-state index contributed by atoms with van der Waals surface area (Å²) in [7, 11) is 3.82. The lowest BCUT2D eigenvalue weighted by atomic mass is 9.83. The fraction of sp³-hybridized carbons (Fsp3) is 0.800. The normalized spacial score (nSPS) is 10.7. The summed E-state index contributed by atoms with van der Waals surface area (Å²) in [6, 6.07) is 0. The second-order valence-electron chi connectivity index (χ2n) is 2.31. The quantitative estimate of drug-likeness (QED) is 0.434. The average Bonchev–Trinajstić information content (AvgIpc) is 1.62. The van der Waals surface area contributed by atoms with Crippen molar-refractivity contribution < 1.29 is 9.53 Å². The highest BCUT2D eigenvalue weighted by molar-refractivity contribution is 7.18. The Morgan fingerprint density at radius 1 is 1.67 bits per heavy atom. The van der Waals surface area contributed by atoms with Gasteiger partial charge in [0.25, 0.3) is 7.28 Å². The van der Waals surface area contributed by atoms with Gasteiger partial charge in [-0.15, -0.1) is 0 Å². The Morgan fingerprint density at radius 2 is 2.11 bits per heavy atom. The Bertz CT molecular complexity index is 108. The van der Waals surface area contributed by atoms with Gasteiger partial charge in [0.2, 0.25) is 5.87 Å². The summed E-state index contributed by atoms with van der Waals surface area (Å²) in [4.78, 5) is 10.5. The van der Waals surface area contributed by atoms with Gasteiger partial charge < -0.3 is 4.74 Å². The molecule has 0 aromatic carbocycles. The molecule has 51 valence electrons. The molecule has 0 bridgehead atoms. The van der Waals surface area contributed by atoms with Gasteiger partial charge in [0.1, 0.15) is 5.34 Å². The number of carbonyl (C=O) groups excluding carboxylic acids is 1. The van der Waals surface area contributed by atoms with Crippen LogP contribution in [0.1, 0.15) is 13.8 Å². The number of hydrogen-bond acceptors (Lipinski definition) is 2. The fourth-order valence-electron chi connectivity index (χ4n) is 0.318. The third kappa shape index (κ3) is 5.84. The highest BCUT2D eigenvalue weighted by atomic mass is 31.0. The predicted octanol–water partition coefficient (Wildman–Crippen LogP) is 1.49. The third-order valence-corrected chi connectivity index (χ3v) is 0.717. The van der Waals surface area contributed by atoms with Gasteiger partial charge in [0.15, 0.2) is 0 Å². The molecule has 0 rings (SSSR count). The third-order valence-electron chi connectivity index (χ3n) is 0.599. The minimum absolute atomic E-state index is 0.282. The monoisotopic (exact) mass is 145 g/mol. The Kier molecular flexibility index (Phi) is 3.20. The molecule has 0 fully saturated rings. The topological polar surface area (TPSA) is 26.3 Å². The summed E-state index contributed by atoms with van der Waals surface area (Å²) in [6.07, 6.45) is 0. The molecule has 2 nitrogen and oxygen atoms in total. The molecule has 0 N–H and O–H groups in total. The molecule has 0 aliphatic carbocycles. The van der Waals surface area contributed by atoms with Crippen LogP contribution in [0.3, 0.4) is 0 Å². The van der Waals surface area contributed by atoms with Crippen LogP contribution in [0.4, 0.5) is 4.79 Å². The van der Waals surface area contributed by atoms with E-state index in [0.29, 0.717) is 0 Å². The van der Waals surface area contributed by atoms with E-state index >= 15 is 0 Å². The summed E-state index contributed by atoms with van der Waals surface area (Å²) in [5.74, 6) is -0.282. The molecule has 0 amide bonds. The molecule has 0 aliphatic rings. The Labute approximate surface area is 58.8 Å². The van der Waals surface area contributed by atoms with Crippen molar-refractivity contribution in [3.05, 3.63) is 0 Å². The number of rotatable bonds is 2. The molecule has 0 saturated carbocycles. The zero-order chi connectivity index (χ0) is 7.49. The van der Waals surface area contributed by atoms with Crippen LogP contribution in [0.15, 0.2) is 0 Å². The maximum atomic E-state index is 10.5. The number of hydrogen-bond donors (Lipinski definition) is 0. The highest BCUT2D eigenvalue weighted by Gasteiger charge is 2.14. The standard InChI is InChI=1S/C5H11BO2P/c1-5(2,9)8-4(7)6-3/h9H2,1-3H3. The van der Waals surface area contributed by atoms with E-state index in [2.05, 4.69) is 9.24 Å². The molecule has 0 spiro atoms. The molecular weight excluding hydrogens is 134 g/mol. The van der Waals surface area contributed by atoms with E-state index in [4.69, 9.17) is 4.74 Å². The van der Waals surface area contributed by atoms with Crippen LogP contribution in [0.2, 0.25) is 6.82 Å². The molecule has 4 heteroatoms. The Morgan fingerprint density at radius 3 is 2.22 bits per heavy atom. The van der Waals surface area contributed by atoms with Crippen LogP contribution in [0.5, 0.6) is 0 Å². The van der Waals surface area contributed by atoms with Gasteiger partial charge in [-0.2, -0.15) is 0 Å². The molecule has 0 aliphatic heterocycles. The number of carbonyl (C=O) groups is 1. The minimum Gasteiger partial charge on any atom is -0.464 e. The van der Waals surface area contributed by atoms with Crippen molar-refractivity contribution in [3.63, 3.8) is 0 Å². The van der Waals surface area contributed by atoms with Gasteiger partial charge >= 0.3 is 0 Å². The first-order valence-corrected chi connectivity index (χ1v) is 3.34. The molecule has 1 radical (unpaired) electrons. The summed E-state index contributed by atoms with van der Waals surface area (Å²) >= 11 is 0. The van der Waals surface area contributed by atoms with Crippen molar-refractivity contribution in [2.45, 2.75) is 26.0 Å². The van der Waals surface area contributed by atoms with E-state index in [-0.39, 0.29) is 5.87 Å². The molecule has 9 heavy (non-hydrogen) atoms. The Balaban J connectivity index is 3.60. The number of ether oxygens (including phenoxy) is 1. The lowest BCUT2D eigenvalue weighted by molar-refractivity contribution is 0.120. The minimum atomic E-state index is -0.441. The summed E-state index contributed by atoms with van der Waals surface area (Å²) in [5.41, 5.74) is 0. The second-order valence-corrected chi connectivity index (χ2v) is 3.70. The van der Waals surface area contributed by atoms with Gasteiger partial charge in [0.05, 0.1) is 0 Å². The molecule has 0 aromatic rings. The fourth-order valence-corrected chi connectivity index (χ4v) is 0.434. The second kappa shape index (κ2) is 3.21. The highest BCUT2D eigenvalue weighted by Crippen LogP contribution is 2.17. The van der Waals surface area contributed by atoms with E-state index in [1.54, 1.807) is 20.7 Å². The van der Waals surface area contributed by atoms with Gasteiger partial charge in [-0.1, -0.05) is 16.1 Å². The largest absolute Gasteiger partial charge is 0.464 e. The first kappa shape index (κ1) is 8.96. The summed E-state index contributed by atoms with van der Waals surface area (Å²) in [6.45, 7) is 5.26. The average molecular weight is 145 g/mol. The predicted molar refractivity (Wildman–Crippen MR) is 41.9 cm³/mol. The lowest BCUT2D eigenvalue weighted by Gasteiger charge is -2.18.